The highest BCUT2D eigenvalue weighted by atomic mass is 32.1. The molecule has 3 heterocycles. The molecule has 0 unspecified atom stereocenters. The molecule has 5 rings (SSSR count). The van der Waals surface area contributed by atoms with E-state index < -0.39 is 6.04 Å². The minimum atomic E-state index is -0.438. The lowest BCUT2D eigenvalue weighted by Crippen LogP contribution is -2.56. The number of aromatic nitrogens is 2. The van der Waals surface area contributed by atoms with Crippen molar-refractivity contribution < 1.29 is 14.4 Å². The second-order valence-electron chi connectivity index (χ2n) is 9.73. The summed E-state index contributed by atoms with van der Waals surface area (Å²) in [6.45, 7) is 2.49. The van der Waals surface area contributed by atoms with Gasteiger partial charge in [-0.2, -0.15) is 0 Å². The molecule has 1 saturated carbocycles. The van der Waals surface area contributed by atoms with Crippen molar-refractivity contribution in [1.29, 1.82) is 0 Å². The molecule has 2 aliphatic rings. The van der Waals surface area contributed by atoms with Crippen LogP contribution in [-0.4, -0.2) is 65.1 Å². The van der Waals surface area contributed by atoms with Gasteiger partial charge in [-0.3, -0.25) is 24.4 Å². The third-order valence-corrected chi connectivity index (χ3v) is 7.84. The number of rotatable bonds is 5. The van der Waals surface area contributed by atoms with E-state index >= 15 is 0 Å². The second-order valence-corrected chi connectivity index (χ2v) is 10.8. The molecule has 11 heteroatoms. The lowest BCUT2D eigenvalue weighted by molar-refractivity contribution is -0.134. The van der Waals surface area contributed by atoms with E-state index in [1.165, 1.54) is 11.3 Å². The maximum Gasteiger partial charge on any atom is 0.280 e. The molecule has 37 heavy (non-hydrogen) atoms. The number of aliphatic imine (C=N–C) groups is 1. The Morgan fingerprint density at radius 2 is 1.86 bits per heavy atom. The Kier molecular flexibility index (Phi) is 6.88. The summed E-state index contributed by atoms with van der Waals surface area (Å²) in [6, 6.07) is 6.97. The minimum Gasteiger partial charge on any atom is -0.349 e. The number of amides is 3. The van der Waals surface area contributed by atoms with E-state index in [9.17, 15) is 14.4 Å². The van der Waals surface area contributed by atoms with Crippen molar-refractivity contribution in [2.45, 2.75) is 44.8 Å². The molecule has 0 saturated heterocycles. The first-order valence-electron chi connectivity index (χ1n) is 12.2. The molecule has 10 nitrogen and oxygen atoms in total. The van der Waals surface area contributed by atoms with Crippen LogP contribution in [0.2, 0.25) is 0 Å². The van der Waals surface area contributed by atoms with Crippen LogP contribution < -0.4 is 16.0 Å². The molecule has 3 amide bonds. The maximum absolute atomic E-state index is 13.2. The number of carbonyl (C=O) groups is 3. The normalized spacial score (nSPS) is 20.6. The highest BCUT2D eigenvalue weighted by Gasteiger charge is 2.37. The van der Waals surface area contributed by atoms with Crippen LogP contribution in [0.5, 0.6) is 0 Å². The number of thiazole rings is 1. The van der Waals surface area contributed by atoms with Gasteiger partial charge in [0, 0.05) is 37.6 Å². The monoisotopic (exact) mass is 519 g/mol. The number of benzene rings is 1. The van der Waals surface area contributed by atoms with Gasteiger partial charge in [-0.1, -0.05) is 17.7 Å². The molecule has 1 aromatic carbocycles. The number of hydrogen-bond acceptors (Lipinski definition) is 8. The first-order valence-corrected chi connectivity index (χ1v) is 13.0. The summed E-state index contributed by atoms with van der Waals surface area (Å²) in [6.07, 6.45) is 4.86. The lowest BCUT2D eigenvalue weighted by Gasteiger charge is -2.37. The van der Waals surface area contributed by atoms with E-state index in [0.29, 0.717) is 42.3 Å². The van der Waals surface area contributed by atoms with E-state index in [-0.39, 0.29) is 29.7 Å². The molecular weight excluding hydrogens is 490 g/mol. The number of nitrogens with zero attached hydrogens (tertiary/aromatic N) is 4. The smallest absolute Gasteiger partial charge is 0.280 e. The molecule has 3 atom stereocenters. The van der Waals surface area contributed by atoms with E-state index in [1.807, 2.05) is 25.1 Å². The van der Waals surface area contributed by atoms with Crippen molar-refractivity contribution in [1.82, 2.24) is 25.5 Å². The first kappa shape index (κ1) is 24.8. The lowest BCUT2D eigenvalue weighted by atomic mass is 9.81. The summed E-state index contributed by atoms with van der Waals surface area (Å²) in [5.41, 5.74) is 1.44. The average Bonchev–Trinajstić information content (AvgIpc) is 3.33. The molecular formula is C26H29N7O3S. The van der Waals surface area contributed by atoms with Crippen molar-refractivity contribution >= 4 is 52.0 Å². The van der Waals surface area contributed by atoms with Gasteiger partial charge in [-0.05, 0) is 43.7 Å². The number of anilines is 1. The molecule has 1 fully saturated rings. The van der Waals surface area contributed by atoms with Crippen molar-refractivity contribution in [3.63, 3.8) is 0 Å². The van der Waals surface area contributed by atoms with Crippen LogP contribution in [-0.2, 0) is 11.3 Å². The van der Waals surface area contributed by atoms with Gasteiger partial charge in [0.1, 0.15) is 11.5 Å². The molecule has 192 valence electrons. The number of pyridine rings is 1. The van der Waals surface area contributed by atoms with Crippen molar-refractivity contribution in [3.8, 4) is 0 Å². The molecule has 1 aliphatic carbocycles. The van der Waals surface area contributed by atoms with Crippen LogP contribution in [0.4, 0.5) is 5.82 Å². The molecule has 1 aliphatic heterocycles. The quantitative estimate of drug-likeness (QED) is 0.476. The van der Waals surface area contributed by atoms with Gasteiger partial charge in [-0.15, -0.1) is 11.3 Å². The van der Waals surface area contributed by atoms with Gasteiger partial charge in [-0.25, -0.2) is 4.98 Å². The molecule has 0 radical (unpaired) electrons. The van der Waals surface area contributed by atoms with Crippen LogP contribution >= 0.6 is 11.3 Å². The Bertz CT molecular complexity index is 1370. The topological polar surface area (TPSA) is 129 Å². The molecule has 3 aromatic rings. The highest BCUT2D eigenvalue weighted by Crippen LogP contribution is 2.29. The summed E-state index contributed by atoms with van der Waals surface area (Å²) >= 11 is 1.29. The van der Waals surface area contributed by atoms with Gasteiger partial charge in [0.25, 0.3) is 11.8 Å². The summed E-state index contributed by atoms with van der Waals surface area (Å²) < 4.78 is 0. The zero-order valence-electron chi connectivity index (χ0n) is 20.9. The largest absolute Gasteiger partial charge is 0.349 e. The van der Waals surface area contributed by atoms with E-state index in [4.69, 9.17) is 0 Å². The van der Waals surface area contributed by atoms with Crippen LogP contribution in [0.1, 0.15) is 50.0 Å². The number of aryl methyl sites for hydroxylation is 1. The first-order chi connectivity index (χ1) is 17.8. The number of carbonyl (C=O) groups excluding carboxylic acids is 3. The van der Waals surface area contributed by atoms with Crippen LogP contribution in [0.15, 0.2) is 35.5 Å². The zero-order chi connectivity index (χ0) is 26.1. The summed E-state index contributed by atoms with van der Waals surface area (Å²) in [5.74, 6) is -0.230. The summed E-state index contributed by atoms with van der Waals surface area (Å²) in [5, 5.41) is 11.3. The SMILES string of the molecule is Cc1ccc2cc(C(=O)N[C@H]3CC[C@H](C(=O)N(C)C)C[C@H]3NC(=O)c3nc4c(s3)CN=CN4)ncc2c1. The van der Waals surface area contributed by atoms with Crippen molar-refractivity contribution in [2.75, 3.05) is 19.4 Å². The van der Waals surface area contributed by atoms with Gasteiger partial charge < -0.3 is 20.9 Å². The van der Waals surface area contributed by atoms with E-state index in [0.717, 1.165) is 21.2 Å². The number of hydrogen-bond donors (Lipinski definition) is 3. The summed E-state index contributed by atoms with van der Waals surface area (Å²) in [4.78, 5) is 54.4. The molecule has 2 aromatic heterocycles. The fraction of sp³-hybridized carbons (Fsp3) is 0.385. The maximum atomic E-state index is 13.2. The third-order valence-electron chi connectivity index (χ3n) is 6.80. The third kappa shape index (κ3) is 5.31. The predicted molar refractivity (Wildman–Crippen MR) is 143 cm³/mol. The van der Waals surface area contributed by atoms with Crippen molar-refractivity contribution in [2.24, 2.45) is 10.9 Å². The molecule has 0 spiro atoms. The fourth-order valence-electron chi connectivity index (χ4n) is 4.85. The minimum absolute atomic E-state index is 0.0153. The Balaban J connectivity index is 1.34. The van der Waals surface area contributed by atoms with E-state index in [1.54, 1.807) is 37.6 Å². The Labute approximate surface area is 218 Å². The second kappa shape index (κ2) is 10.3. The van der Waals surface area contributed by atoms with E-state index in [2.05, 4.69) is 30.9 Å². The summed E-state index contributed by atoms with van der Waals surface area (Å²) in [7, 11) is 3.46. The van der Waals surface area contributed by atoms with Gasteiger partial charge in [0.2, 0.25) is 5.91 Å². The van der Waals surface area contributed by atoms with Gasteiger partial charge in [0.15, 0.2) is 5.01 Å². The van der Waals surface area contributed by atoms with Crippen LogP contribution in [0.3, 0.4) is 0 Å². The average molecular weight is 520 g/mol. The Morgan fingerprint density at radius 3 is 2.65 bits per heavy atom. The molecule has 0 bridgehead atoms. The van der Waals surface area contributed by atoms with Crippen LogP contribution in [0, 0.1) is 12.8 Å². The highest BCUT2D eigenvalue weighted by molar-refractivity contribution is 7.14. The van der Waals surface area contributed by atoms with Crippen molar-refractivity contribution in [3.05, 3.63) is 51.6 Å². The van der Waals surface area contributed by atoms with Gasteiger partial charge >= 0.3 is 0 Å². The molecule has 3 N–H and O–H groups in total. The number of nitrogens with one attached hydrogen (secondary N) is 3. The zero-order valence-corrected chi connectivity index (χ0v) is 21.8. The fourth-order valence-corrected chi connectivity index (χ4v) is 5.72. The number of fused-ring (bicyclic) bond motifs is 2. The Hall–Kier alpha value is -3.86. The van der Waals surface area contributed by atoms with Crippen LogP contribution in [0.25, 0.3) is 10.8 Å². The standard InChI is InChI=1S/C26H29N7O3S/c1-14-4-5-15-9-20(28-11-17(15)8-14)23(34)30-18-7-6-16(26(36)33(2)3)10-19(18)31-24(35)25-32-22-21(37-25)12-27-13-29-22/h4-5,8-9,11,13,16,18-19H,6-7,10,12H2,1-3H3,(H,27,29)(H,30,34)(H,31,35)/t16-,18-,19+/m0/s1. The Morgan fingerprint density at radius 1 is 1.05 bits per heavy atom. The predicted octanol–water partition coefficient (Wildman–Crippen LogP) is 2.74. The van der Waals surface area contributed by atoms with Gasteiger partial charge in [0.05, 0.1) is 23.8 Å².